The molecule has 2 rings (SSSR count). The average molecular weight is 260 g/mol. The van der Waals surface area contributed by atoms with Crippen molar-refractivity contribution in [3.8, 4) is 0 Å². The van der Waals surface area contributed by atoms with Crippen LogP contribution in [0.4, 0.5) is 12.9 Å². The van der Waals surface area contributed by atoms with Crippen molar-refractivity contribution in [3.05, 3.63) is 12.1 Å². The highest BCUT2D eigenvalue weighted by atomic mass is 19.4. The predicted octanol–water partition coefficient (Wildman–Crippen LogP) is 3.83. The van der Waals surface area contributed by atoms with Gasteiger partial charge in [0.1, 0.15) is 0 Å². The summed E-state index contributed by atoms with van der Waals surface area (Å²) in [5.41, 5.74) is -0.493. The smallest absolute Gasteiger partial charge is 0.445 e. The monoisotopic (exact) mass is 260 g/mol. The van der Waals surface area contributed by atoms with Gasteiger partial charge < -0.3 is 12.9 Å². The van der Waals surface area contributed by atoms with Gasteiger partial charge in [-0.3, -0.25) is 4.90 Å². The highest BCUT2D eigenvalue weighted by Gasteiger charge is 2.51. The third-order valence-corrected chi connectivity index (χ3v) is 5.08. The van der Waals surface area contributed by atoms with E-state index in [1.165, 1.54) is 0 Å². The van der Waals surface area contributed by atoms with E-state index < -0.39 is 12.4 Å². The molecule has 0 unspecified atom stereocenters. The van der Waals surface area contributed by atoms with E-state index in [1.54, 1.807) is 0 Å². The van der Waals surface area contributed by atoms with Crippen LogP contribution in [0.25, 0.3) is 0 Å². The number of hydrogen-bond donors (Lipinski definition) is 0. The van der Waals surface area contributed by atoms with Crippen LogP contribution in [0.3, 0.4) is 0 Å². The molecule has 2 bridgehead atoms. The van der Waals surface area contributed by atoms with Gasteiger partial charge in [0.2, 0.25) is 0 Å². The van der Waals surface area contributed by atoms with Gasteiger partial charge in [-0.2, -0.15) is 0 Å². The Balaban J connectivity index is 2.15. The fourth-order valence-electron chi connectivity index (χ4n) is 3.60. The Morgan fingerprint density at radius 1 is 1.33 bits per heavy atom. The summed E-state index contributed by atoms with van der Waals surface area (Å²) in [5.74, 6) is 0.518. The molecule has 1 heterocycles. The molecule has 18 heavy (non-hydrogen) atoms. The first-order chi connectivity index (χ1) is 8.05. The van der Waals surface area contributed by atoms with Gasteiger partial charge in [-0.25, -0.2) is 0 Å². The molecular formula is C13H22BF3N-. The molecule has 0 amide bonds. The van der Waals surface area contributed by atoms with E-state index in [4.69, 9.17) is 0 Å². The number of fused-ring (bicyclic) bond motifs is 2. The molecule has 1 aliphatic heterocycles. The minimum Gasteiger partial charge on any atom is -0.445 e. The Bertz CT molecular complexity index is 364. The van der Waals surface area contributed by atoms with Crippen molar-refractivity contribution in [3.63, 3.8) is 0 Å². The fraction of sp³-hybridized carbons (Fsp3) is 0.846. The Kier molecular flexibility index (Phi) is 3.12. The molecule has 0 aromatic carbocycles. The Morgan fingerprint density at radius 3 is 2.50 bits per heavy atom. The molecule has 2 atom stereocenters. The third-order valence-electron chi connectivity index (χ3n) is 5.08. The minimum atomic E-state index is -4.91. The van der Waals surface area contributed by atoms with Crippen LogP contribution < -0.4 is 0 Å². The second-order valence-corrected chi connectivity index (χ2v) is 6.99. The lowest BCUT2D eigenvalue weighted by molar-refractivity contribution is 0.000830. The van der Waals surface area contributed by atoms with Crippen LogP contribution in [0, 0.1) is 11.3 Å². The van der Waals surface area contributed by atoms with Gasteiger partial charge in [0.05, 0.1) is 0 Å². The first-order valence-electron chi connectivity index (χ1n) is 6.67. The standard InChI is InChI=1S/C13H22BF3N/c1-10(14(15,16)17)8-18-9-13(4)6-5-11(7-13)12(18,2)3/h11H,1,5-9H2,2-4H3/q-1/t11-,13+/m0/s1. The van der Waals surface area contributed by atoms with Crippen molar-refractivity contribution in [1.82, 2.24) is 4.90 Å². The minimum absolute atomic E-state index is 0.0252. The molecule has 0 aromatic heterocycles. The number of hydrogen-bond acceptors (Lipinski definition) is 1. The van der Waals surface area contributed by atoms with Crippen molar-refractivity contribution in [1.29, 1.82) is 0 Å². The third kappa shape index (κ3) is 2.34. The second kappa shape index (κ2) is 4.02. The number of rotatable bonds is 3. The lowest BCUT2D eigenvalue weighted by Gasteiger charge is -2.51. The number of halogens is 3. The van der Waals surface area contributed by atoms with E-state index in [2.05, 4.69) is 27.4 Å². The lowest BCUT2D eigenvalue weighted by Crippen LogP contribution is -2.56. The van der Waals surface area contributed by atoms with E-state index in [0.29, 0.717) is 5.92 Å². The maximum Gasteiger partial charge on any atom is 0.506 e. The zero-order valence-electron chi connectivity index (χ0n) is 11.5. The molecule has 2 aliphatic rings. The van der Waals surface area contributed by atoms with Crippen LogP contribution in [-0.4, -0.2) is 30.5 Å². The van der Waals surface area contributed by atoms with Crippen LogP contribution in [-0.2, 0) is 0 Å². The predicted molar refractivity (Wildman–Crippen MR) is 69.3 cm³/mol. The van der Waals surface area contributed by atoms with Gasteiger partial charge in [0, 0.05) is 12.1 Å². The lowest BCUT2D eigenvalue weighted by atomic mass is 9.73. The summed E-state index contributed by atoms with van der Waals surface area (Å²) < 4.78 is 38.1. The van der Waals surface area contributed by atoms with Gasteiger partial charge >= 0.3 is 6.98 Å². The molecular weight excluding hydrogens is 238 g/mol. The van der Waals surface area contributed by atoms with E-state index in [9.17, 15) is 12.9 Å². The van der Waals surface area contributed by atoms with Gasteiger partial charge in [0.15, 0.2) is 0 Å². The summed E-state index contributed by atoms with van der Waals surface area (Å²) >= 11 is 0. The Labute approximate surface area is 107 Å². The summed E-state index contributed by atoms with van der Waals surface area (Å²) in [4.78, 5) is 2.01. The highest BCUT2D eigenvalue weighted by molar-refractivity contribution is 6.66. The topological polar surface area (TPSA) is 3.24 Å². The van der Waals surface area contributed by atoms with Crippen molar-refractivity contribution in [2.45, 2.75) is 45.6 Å². The van der Waals surface area contributed by atoms with Crippen molar-refractivity contribution >= 4 is 6.98 Å². The normalized spacial score (nSPS) is 35.8. The van der Waals surface area contributed by atoms with E-state index >= 15 is 0 Å². The average Bonchev–Trinajstić information content (AvgIpc) is 2.54. The van der Waals surface area contributed by atoms with Gasteiger partial charge in [-0.1, -0.05) is 6.92 Å². The summed E-state index contributed by atoms with van der Waals surface area (Å²) in [6.45, 7) is 5.44. The molecule has 0 aromatic rings. The van der Waals surface area contributed by atoms with Crippen LogP contribution in [0.5, 0.6) is 0 Å². The SMILES string of the molecule is C=C(CN1C[C@]2(C)CC[C@@H](C2)C1(C)C)[B-](F)(F)F. The second-order valence-electron chi connectivity index (χ2n) is 6.99. The number of nitrogens with zero attached hydrogens (tertiary/aromatic N) is 1. The first-order valence-corrected chi connectivity index (χ1v) is 6.67. The molecule has 2 fully saturated rings. The molecule has 0 spiro atoms. The van der Waals surface area contributed by atoms with Crippen LogP contribution >= 0.6 is 0 Å². The van der Waals surface area contributed by atoms with Crippen molar-refractivity contribution in [2.24, 2.45) is 11.3 Å². The molecule has 1 aliphatic carbocycles. The van der Waals surface area contributed by atoms with Crippen molar-refractivity contribution < 1.29 is 12.9 Å². The van der Waals surface area contributed by atoms with Gasteiger partial charge in [-0.15, -0.1) is 12.1 Å². The van der Waals surface area contributed by atoms with Gasteiger partial charge in [0.25, 0.3) is 0 Å². The van der Waals surface area contributed by atoms with E-state index in [0.717, 1.165) is 25.8 Å². The molecule has 0 N–H and O–H groups in total. The maximum atomic E-state index is 12.7. The highest BCUT2D eigenvalue weighted by Crippen LogP contribution is 2.53. The maximum absolute atomic E-state index is 12.7. The summed E-state index contributed by atoms with van der Waals surface area (Å²) in [5, 5.41) is 0. The van der Waals surface area contributed by atoms with E-state index in [-0.39, 0.29) is 17.5 Å². The summed E-state index contributed by atoms with van der Waals surface area (Å²) in [6, 6.07) is 0. The zero-order chi connectivity index (χ0) is 13.8. The van der Waals surface area contributed by atoms with Gasteiger partial charge in [-0.05, 0) is 51.0 Å². The molecule has 1 nitrogen and oxygen atoms in total. The van der Waals surface area contributed by atoms with Crippen molar-refractivity contribution in [2.75, 3.05) is 13.1 Å². The molecule has 5 heteroatoms. The Hall–Kier alpha value is -0.445. The first kappa shape index (κ1) is 14.0. The summed E-state index contributed by atoms with van der Waals surface area (Å²) in [6.07, 6.45) is 3.44. The molecule has 1 saturated heterocycles. The molecule has 104 valence electrons. The zero-order valence-corrected chi connectivity index (χ0v) is 11.5. The van der Waals surface area contributed by atoms with Crippen LogP contribution in [0.1, 0.15) is 40.0 Å². The van der Waals surface area contributed by atoms with Crippen LogP contribution in [0.2, 0.25) is 0 Å². The number of piperidine rings is 1. The summed E-state index contributed by atoms with van der Waals surface area (Å²) in [7, 11) is 0. The fourth-order valence-corrected chi connectivity index (χ4v) is 3.60. The Morgan fingerprint density at radius 2 is 1.94 bits per heavy atom. The van der Waals surface area contributed by atoms with Crippen LogP contribution in [0.15, 0.2) is 12.1 Å². The largest absolute Gasteiger partial charge is 0.506 e. The molecule has 0 radical (unpaired) electrons. The quantitative estimate of drug-likeness (QED) is 0.697. The molecule has 1 saturated carbocycles. The van der Waals surface area contributed by atoms with E-state index in [1.807, 2.05) is 4.90 Å². The number of likely N-dealkylation sites (tertiary alicyclic amines) is 1.